The first-order valence-corrected chi connectivity index (χ1v) is 8.22. The van der Waals surface area contributed by atoms with Crippen LogP contribution in [-0.4, -0.2) is 26.0 Å². The number of sulfone groups is 1. The minimum absolute atomic E-state index is 0.0669. The van der Waals surface area contributed by atoms with Crippen LogP contribution in [0.3, 0.4) is 0 Å². The summed E-state index contributed by atoms with van der Waals surface area (Å²) >= 11 is 5.81. The molecule has 0 aliphatic carbocycles. The molecule has 0 spiro atoms. The van der Waals surface area contributed by atoms with E-state index >= 15 is 0 Å². The van der Waals surface area contributed by atoms with Crippen molar-refractivity contribution < 1.29 is 21.6 Å². The lowest BCUT2D eigenvalue weighted by atomic mass is 10.1. The lowest BCUT2D eigenvalue weighted by molar-refractivity contribution is -0.137. The molecule has 112 valence electrons. The van der Waals surface area contributed by atoms with Gasteiger partial charge in [-0.3, -0.25) is 0 Å². The number of rotatable bonds is 2. The van der Waals surface area contributed by atoms with Gasteiger partial charge in [-0.25, -0.2) is 8.42 Å². The number of hydrogen-bond donors (Lipinski definition) is 1. The molecule has 8 heteroatoms. The Morgan fingerprint density at radius 3 is 2.60 bits per heavy atom. The van der Waals surface area contributed by atoms with Crippen molar-refractivity contribution >= 4 is 27.1 Å². The van der Waals surface area contributed by atoms with Gasteiger partial charge in [0.25, 0.3) is 0 Å². The van der Waals surface area contributed by atoms with Gasteiger partial charge in [0.1, 0.15) is 0 Å². The number of alkyl halides is 3. The zero-order chi connectivity index (χ0) is 15.0. The number of nitrogens with one attached hydrogen (secondary N) is 1. The SMILES string of the molecule is O=S1(=O)CCCC(Nc2c(Cl)cccc2C(F)(F)F)C1. The summed E-state index contributed by atoms with van der Waals surface area (Å²) in [6.45, 7) is 0. The van der Waals surface area contributed by atoms with Crippen LogP contribution in [0.2, 0.25) is 5.02 Å². The molecule has 1 aliphatic rings. The largest absolute Gasteiger partial charge is 0.418 e. The molecule has 20 heavy (non-hydrogen) atoms. The van der Waals surface area contributed by atoms with Gasteiger partial charge >= 0.3 is 6.18 Å². The van der Waals surface area contributed by atoms with Crippen molar-refractivity contribution in [1.29, 1.82) is 0 Å². The fourth-order valence-corrected chi connectivity index (χ4v) is 4.11. The maximum Gasteiger partial charge on any atom is 0.418 e. The Labute approximate surface area is 120 Å². The van der Waals surface area contributed by atoms with Gasteiger partial charge in [-0.05, 0) is 25.0 Å². The van der Waals surface area contributed by atoms with Crippen LogP contribution in [0.4, 0.5) is 18.9 Å². The second-order valence-electron chi connectivity index (χ2n) is 4.76. The third kappa shape index (κ3) is 3.58. The summed E-state index contributed by atoms with van der Waals surface area (Å²) in [5, 5.41) is 2.58. The lowest BCUT2D eigenvalue weighted by Crippen LogP contribution is -2.35. The molecule has 1 atom stereocenters. The molecule has 1 heterocycles. The Bertz CT molecular complexity index is 601. The van der Waals surface area contributed by atoms with Gasteiger partial charge in [-0.1, -0.05) is 17.7 Å². The first kappa shape index (κ1) is 15.4. The molecule has 3 nitrogen and oxygen atoms in total. The van der Waals surface area contributed by atoms with E-state index in [1.807, 2.05) is 0 Å². The fourth-order valence-electron chi connectivity index (χ4n) is 2.25. The number of hydrogen-bond acceptors (Lipinski definition) is 3. The zero-order valence-corrected chi connectivity index (χ0v) is 11.9. The molecule has 1 N–H and O–H groups in total. The molecule has 0 amide bonds. The summed E-state index contributed by atoms with van der Waals surface area (Å²) in [5.74, 6) is -0.0879. The monoisotopic (exact) mass is 327 g/mol. The maximum absolute atomic E-state index is 12.9. The Hall–Kier alpha value is -0.950. The normalized spacial score (nSPS) is 22.5. The van der Waals surface area contributed by atoms with Crippen molar-refractivity contribution in [1.82, 2.24) is 0 Å². The summed E-state index contributed by atoms with van der Waals surface area (Å²) in [7, 11) is -3.20. The highest BCUT2D eigenvalue weighted by molar-refractivity contribution is 7.91. The van der Waals surface area contributed by atoms with Gasteiger partial charge in [0.05, 0.1) is 27.8 Å². The Balaban J connectivity index is 2.29. The standard InChI is InChI=1S/C12H13ClF3NO2S/c13-10-5-1-4-9(12(14,15)16)11(10)17-8-3-2-6-20(18,19)7-8/h1,4-5,8,17H,2-3,6-7H2. The van der Waals surface area contributed by atoms with E-state index in [2.05, 4.69) is 5.32 Å². The summed E-state index contributed by atoms with van der Waals surface area (Å²) < 4.78 is 61.8. The van der Waals surface area contributed by atoms with E-state index in [1.165, 1.54) is 12.1 Å². The van der Waals surface area contributed by atoms with Gasteiger partial charge < -0.3 is 5.32 Å². The van der Waals surface area contributed by atoms with Crippen LogP contribution in [0, 0.1) is 0 Å². The zero-order valence-electron chi connectivity index (χ0n) is 10.4. The highest BCUT2D eigenvalue weighted by Crippen LogP contribution is 2.39. The highest BCUT2D eigenvalue weighted by Gasteiger charge is 2.35. The Morgan fingerprint density at radius 1 is 1.30 bits per heavy atom. The highest BCUT2D eigenvalue weighted by atomic mass is 35.5. The van der Waals surface area contributed by atoms with Crippen LogP contribution in [-0.2, 0) is 16.0 Å². The molecule has 0 saturated carbocycles. The third-order valence-electron chi connectivity index (χ3n) is 3.13. The molecule has 1 fully saturated rings. The minimum atomic E-state index is -4.54. The molecule has 1 aromatic carbocycles. The van der Waals surface area contributed by atoms with E-state index in [0.717, 1.165) is 6.07 Å². The lowest BCUT2D eigenvalue weighted by Gasteiger charge is -2.26. The molecular weight excluding hydrogens is 315 g/mol. The van der Waals surface area contributed by atoms with E-state index in [4.69, 9.17) is 11.6 Å². The van der Waals surface area contributed by atoms with Crippen LogP contribution in [0.1, 0.15) is 18.4 Å². The van der Waals surface area contributed by atoms with Crippen LogP contribution >= 0.6 is 11.6 Å². The van der Waals surface area contributed by atoms with Crippen molar-refractivity contribution in [2.24, 2.45) is 0 Å². The van der Waals surface area contributed by atoms with E-state index in [1.54, 1.807) is 0 Å². The van der Waals surface area contributed by atoms with Gasteiger partial charge in [0.2, 0.25) is 0 Å². The predicted octanol–water partition coefficient (Wildman–Crippen LogP) is 3.35. The summed E-state index contributed by atoms with van der Waals surface area (Å²) in [6, 6.07) is 2.94. The molecule has 1 saturated heterocycles. The number of anilines is 1. The van der Waals surface area contributed by atoms with Crippen molar-refractivity contribution in [3.63, 3.8) is 0 Å². The number of halogens is 4. The van der Waals surface area contributed by atoms with Gasteiger partial charge in [-0.15, -0.1) is 0 Å². The fraction of sp³-hybridized carbons (Fsp3) is 0.500. The van der Waals surface area contributed by atoms with Crippen molar-refractivity contribution in [3.8, 4) is 0 Å². The molecule has 1 aromatic rings. The van der Waals surface area contributed by atoms with Crippen molar-refractivity contribution in [2.75, 3.05) is 16.8 Å². The summed E-state index contributed by atoms with van der Waals surface area (Å²) in [6.07, 6.45) is -3.60. The van der Waals surface area contributed by atoms with E-state index in [-0.39, 0.29) is 22.2 Å². The first-order chi connectivity index (χ1) is 9.19. The third-order valence-corrected chi connectivity index (χ3v) is 5.27. The summed E-state index contributed by atoms with van der Waals surface area (Å²) in [5.41, 5.74) is -1.13. The van der Waals surface area contributed by atoms with E-state index in [9.17, 15) is 21.6 Å². The van der Waals surface area contributed by atoms with Gasteiger partial charge in [0.15, 0.2) is 9.84 Å². The average molecular weight is 328 g/mol. The van der Waals surface area contributed by atoms with Gasteiger partial charge in [-0.2, -0.15) is 13.2 Å². The topological polar surface area (TPSA) is 46.2 Å². The molecule has 0 bridgehead atoms. The molecule has 0 aromatic heterocycles. The summed E-state index contributed by atoms with van der Waals surface area (Å²) in [4.78, 5) is 0. The molecule has 0 radical (unpaired) electrons. The number of para-hydroxylation sites is 1. The van der Waals surface area contributed by atoms with Crippen LogP contribution in [0.5, 0.6) is 0 Å². The molecule has 1 unspecified atom stereocenters. The van der Waals surface area contributed by atoms with Crippen molar-refractivity contribution in [3.05, 3.63) is 28.8 Å². The van der Waals surface area contributed by atoms with Gasteiger partial charge in [0, 0.05) is 6.04 Å². The molecular formula is C12H13ClF3NO2S. The second kappa shape index (κ2) is 5.44. The Morgan fingerprint density at radius 2 is 2.00 bits per heavy atom. The molecule has 2 rings (SSSR count). The number of benzene rings is 1. The minimum Gasteiger partial charge on any atom is -0.380 e. The van der Waals surface area contributed by atoms with Crippen LogP contribution in [0.25, 0.3) is 0 Å². The first-order valence-electron chi connectivity index (χ1n) is 6.02. The predicted molar refractivity (Wildman–Crippen MR) is 71.8 cm³/mol. The van der Waals surface area contributed by atoms with E-state index in [0.29, 0.717) is 12.8 Å². The van der Waals surface area contributed by atoms with E-state index < -0.39 is 27.6 Å². The maximum atomic E-state index is 12.9. The smallest absolute Gasteiger partial charge is 0.380 e. The molecule has 1 aliphatic heterocycles. The second-order valence-corrected chi connectivity index (χ2v) is 7.39. The van der Waals surface area contributed by atoms with Crippen molar-refractivity contribution in [2.45, 2.75) is 25.1 Å². The van der Waals surface area contributed by atoms with Crippen LogP contribution < -0.4 is 5.32 Å². The van der Waals surface area contributed by atoms with Crippen LogP contribution in [0.15, 0.2) is 18.2 Å². The Kier molecular flexibility index (Phi) is 4.20. The quantitative estimate of drug-likeness (QED) is 0.906. The average Bonchev–Trinajstić information content (AvgIpc) is 2.29.